The topological polar surface area (TPSA) is 60.2 Å². The maximum Gasteiger partial charge on any atom is 0.335 e. The molecular formula is C18H18N2O3. The lowest BCUT2D eigenvalue weighted by atomic mass is 10.2. The summed E-state index contributed by atoms with van der Waals surface area (Å²) in [5.41, 5.74) is 3.01. The highest BCUT2D eigenvalue weighted by atomic mass is 16.7. The Morgan fingerprint density at radius 2 is 1.52 bits per heavy atom. The number of carbonyl (C=O) groups excluding carboxylic acids is 1. The number of hydrogen-bond acceptors (Lipinski definition) is 5. The average molecular weight is 310 g/mol. The van der Waals surface area contributed by atoms with E-state index in [4.69, 9.17) is 9.47 Å². The fourth-order valence-electron chi connectivity index (χ4n) is 1.61. The number of esters is 1. The van der Waals surface area contributed by atoms with Crippen LogP contribution in [0.5, 0.6) is 5.75 Å². The molecule has 5 nitrogen and oxygen atoms in total. The molecule has 2 rings (SSSR count). The minimum atomic E-state index is -0.478. The van der Waals surface area contributed by atoms with Crippen molar-refractivity contribution in [3.63, 3.8) is 0 Å². The van der Waals surface area contributed by atoms with Gasteiger partial charge in [0.2, 0.25) is 6.79 Å². The van der Waals surface area contributed by atoms with Crippen molar-refractivity contribution in [2.45, 2.75) is 13.8 Å². The van der Waals surface area contributed by atoms with E-state index in [0.29, 0.717) is 17.0 Å². The third-order valence-corrected chi connectivity index (χ3v) is 2.92. The number of ether oxygens (including phenoxy) is 2. The lowest BCUT2D eigenvalue weighted by Crippen LogP contribution is -2.10. The van der Waals surface area contributed by atoms with Crippen molar-refractivity contribution in [1.82, 2.24) is 0 Å². The summed E-state index contributed by atoms with van der Waals surface area (Å²) in [7, 11) is 0. The molecule has 0 aromatic heterocycles. The van der Waals surface area contributed by atoms with Crippen LogP contribution in [0.4, 0.5) is 11.4 Å². The SMILES string of the molecule is C=C(C)C(=O)OCOc1ccc(N=Nc2ccc(C)cc2)cc1. The molecule has 118 valence electrons. The van der Waals surface area contributed by atoms with E-state index < -0.39 is 5.97 Å². The first kappa shape index (κ1) is 16.4. The molecule has 0 bridgehead atoms. The summed E-state index contributed by atoms with van der Waals surface area (Å²) >= 11 is 0. The molecule has 0 N–H and O–H groups in total. The molecule has 0 aliphatic heterocycles. The van der Waals surface area contributed by atoms with Crippen molar-refractivity contribution < 1.29 is 14.3 Å². The summed E-state index contributed by atoms with van der Waals surface area (Å²) in [6.45, 7) is 6.93. The molecule has 0 aliphatic rings. The van der Waals surface area contributed by atoms with E-state index in [2.05, 4.69) is 16.8 Å². The Kier molecular flexibility index (Phi) is 5.63. The summed E-state index contributed by atoms with van der Waals surface area (Å²) in [6, 6.07) is 14.8. The van der Waals surface area contributed by atoms with Gasteiger partial charge in [0, 0.05) is 5.57 Å². The molecule has 2 aromatic carbocycles. The van der Waals surface area contributed by atoms with Gasteiger partial charge in [-0.15, -0.1) is 0 Å². The van der Waals surface area contributed by atoms with Crippen molar-refractivity contribution in [2.24, 2.45) is 10.2 Å². The van der Waals surface area contributed by atoms with Crippen molar-refractivity contribution in [1.29, 1.82) is 0 Å². The lowest BCUT2D eigenvalue weighted by molar-refractivity contribution is -0.145. The molecule has 0 unspecified atom stereocenters. The maximum atomic E-state index is 11.2. The Hall–Kier alpha value is -2.95. The van der Waals surface area contributed by atoms with Crippen molar-refractivity contribution in [3.05, 3.63) is 66.2 Å². The van der Waals surface area contributed by atoms with E-state index in [0.717, 1.165) is 5.69 Å². The van der Waals surface area contributed by atoms with E-state index in [1.807, 2.05) is 31.2 Å². The summed E-state index contributed by atoms with van der Waals surface area (Å²) in [5.74, 6) is 0.0994. The number of aryl methyl sites for hydroxylation is 1. The van der Waals surface area contributed by atoms with Gasteiger partial charge in [0.25, 0.3) is 0 Å². The van der Waals surface area contributed by atoms with E-state index in [9.17, 15) is 4.79 Å². The van der Waals surface area contributed by atoms with Gasteiger partial charge in [-0.2, -0.15) is 10.2 Å². The second-order valence-electron chi connectivity index (χ2n) is 5.00. The van der Waals surface area contributed by atoms with Crippen molar-refractivity contribution in [3.8, 4) is 5.75 Å². The monoisotopic (exact) mass is 310 g/mol. The molecule has 5 heteroatoms. The van der Waals surface area contributed by atoms with E-state index >= 15 is 0 Å². The van der Waals surface area contributed by atoms with Crippen LogP contribution in [0.3, 0.4) is 0 Å². The van der Waals surface area contributed by atoms with Crippen molar-refractivity contribution >= 4 is 17.3 Å². The largest absolute Gasteiger partial charge is 0.457 e. The Balaban J connectivity index is 1.88. The van der Waals surface area contributed by atoms with Crippen LogP contribution in [-0.2, 0) is 9.53 Å². The highest BCUT2D eigenvalue weighted by molar-refractivity contribution is 5.86. The van der Waals surface area contributed by atoms with Gasteiger partial charge >= 0.3 is 5.97 Å². The fourth-order valence-corrected chi connectivity index (χ4v) is 1.61. The summed E-state index contributed by atoms with van der Waals surface area (Å²) in [6.07, 6.45) is 0. The minimum absolute atomic E-state index is 0.157. The quantitative estimate of drug-likeness (QED) is 0.331. The molecular weight excluding hydrogens is 292 g/mol. The number of nitrogens with zero attached hydrogens (tertiary/aromatic N) is 2. The van der Waals surface area contributed by atoms with Gasteiger partial charge in [0.1, 0.15) is 5.75 Å². The highest BCUT2D eigenvalue weighted by Crippen LogP contribution is 2.21. The number of rotatable bonds is 6. The number of carbonyl (C=O) groups is 1. The first-order valence-corrected chi connectivity index (χ1v) is 7.08. The normalized spacial score (nSPS) is 10.5. The maximum absolute atomic E-state index is 11.2. The summed E-state index contributed by atoms with van der Waals surface area (Å²) in [5, 5.41) is 8.31. The van der Waals surface area contributed by atoms with Gasteiger partial charge in [0.15, 0.2) is 0 Å². The zero-order chi connectivity index (χ0) is 16.7. The van der Waals surface area contributed by atoms with Crippen LogP contribution in [0.25, 0.3) is 0 Å². The van der Waals surface area contributed by atoms with Crippen LogP contribution in [0.2, 0.25) is 0 Å². The van der Waals surface area contributed by atoms with Crippen LogP contribution in [0, 0.1) is 6.92 Å². The summed E-state index contributed by atoms with van der Waals surface area (Å²) in [4.78, 5) is 11.2. The molecule has 0 spiro atoms. The lowest BCUT2D eigenvalue weighted by Gasteiger charge is -2.07. The zero-order valence-corrected chi connectivity index (χ0v) is 13.2. The Morgan fingerprint density at radius 1 is 1.00 bits per heavy atom. The van der Waals surface area contributed by atoms with Crippen LogP contribution in [-0.4, -0.2) is 12.8 Å². The first-order valence-electron chi connectivity index (χ1n) is 7.08. The third kappa shape index (κ3) is 5.39. The molecule has 0 atom stereocenters. The predicted octanol–water partition coefficient (Wildman–Crippen LogP) is 4.87. The standard InChI is InChI=1S/C18H18N2O3/c1-13(2)18(21)23-12-22-17-10-8-16(9-11-17)20-19-15-6-4-14(3)5-7-15/h4-11H,1,12H2,2-3H3. The molecule has 2 aromatic rings. The Bertz CT molecular complexity index is 704. The Morgan fingerprint density at radius 3 is 2.04 bits per heavy atom. The van der Waals surface area contributed by atoms with Crippen LogP contribution >= 0.6 is 0 Å². The molecule has 0 amide bonds. The smallest absolute Gasteiger partial charge is 0.335 e. The molecule has 0 radical (unpaired) electrons. The van der Waals surface area contributed by atoms with E-state index in [-0.39, 0.29) is 6.79 Å². The van der Waals surface area contributed by atoms with Crippen LogP contribution in [0.1, 0.15) is 12.5 Å². The zero-order valence-electron chi connectivity index (χ0n) is 13.2. The van der Waals surface area contributed by atoms with Crippen LogP contribution in [0.15, 0.2) is 70.9 Å². The van der Waals surface area contributed by atoms with E-state index in [1.165, 1.54) is 5.56 Å². The first-order chi connectivity index (χ1) is 11.0. The minimum Gasteiger partial charge on any atom is -0.457 e. The predicted molar refractivity (Wildman–Crippen MR) is 88.2 cm³/mol. The Labute approximate surface area is 135 Å². The van der Waals surface area contributed by atoms with Gasteiger partial charge in [-0.1, -0.05) is 24.3 Å². The number of hydrogen-bond donors (Lipinski definition) is 0. The number of benzene rings is 2. The number of azo groups is 1. The second-order valence-corrected chi connectivity index (χ2v) is 5.00. The van der Waals surface area contributed by atoms with Gasteiger partial charge in [-0.25, -0.2) is 4.79 Å². The van der Waals surface area contributed by atoms with Gasteiger partial charge in [-0.05, 0) is 50.2 Å². The van der Waals surface area contributed by atoms with Gasteiger partial charge < -0.3 is 9.47 Å². The molecule has 0 saturated carbocycles. The second kappa shape index (κ2) is 7.89. The highest BCUT2D eigenvalue weighted by Gasteiger charge is 2.02. The van der Waals surface area contributed by atoms with E-state index in [1.54, 1.807) is 31.2 Å². The van der Waals surface area contributed by atoms with Gasteiger partial charge in [0.05, 0.1) is 11.4 Å². The molecule has 0 heterocycles. The summed E-state index contributed by atoms with van der Waals surface area (Å²) < 4.78 is 10.2. The van der Waals surface area contributed by atoms with Crippen LogP contribution < -0.4 is 4.74 Å². The molecule has 0 saturated heterocycles. The fraction of sp³-hybridized carbons (Fsp3) is 0.167. The molecule has 0 aliphatic carbocycles. The average Bonchev–Trinajstić information content (AvgIpc) is 2.55. The molecule has 0 fully saturated rings. The third-order valence-electron chi connectivity index (χ3n) is 2.92. The van der Waals surface area contributed by atoms with Crippen molar-refractivity contribution in [2.75, 3.05) is 6.79 Å². The van der Waals surface area contributed by atoms with Gasteiger partial charge in [-0.3, -0.25) is 0 Å². The molecule has 23 heavy (non-hydrogen) atoms.